The summed E-state index contributed by atoms with van der Waals surface area (Å²) in [5.74, 6) is 0.682. The van der Waals surface area contributed by atoms with Crippen LogP contribution in [0.25, 0.3) is 0 Å². The Bertz CT molecular complexity index is 1140. The SMILES string of the molecule is CCOC(=O)c1cc2c(nc1C)N(c1ccccc1)C(Nc1ccccc1)=CC(=O)C2. The minimum atomic E-state index is -0.436. The zero-order valence-corrected chi connectivity index (χ0v) is 17.5. The van der Waals surface area contributed by atoms with Crippen molar-refractivity contribution in [2.24, 2.45) is 0 Å². The first kappa shape index (κ1) is 20.3. The summed E-state index contributed by atoms with van der Waals surface area (Å²) in [6.07, 6.45) is 1.72. The quantitative estimate of drug-likeness (QED) is 0.607. The third kappa shape index (κ3) is 4.33. The Balaban J connectivity index is 1.87. The number of allylic oxidation sites excluding steroid dienone is 1. The number of ketones is 1. The molecule has 1 aliphatic rings. The zero-order valence-electron chi connectivity index (χ0n) is 17.5. The van der Waals surface area contributed by atoms with E-state index in [1.54, 1.807) is 26.0 Å². The van der Waals surface area contributed by atoms with E-state index in [0.29, 0.717) is 28.5 Å². The second kappa shape index (κ2) is 8.83. The summed E-state index contributed by atoms with van der Waals surface area (Å²) >= 11 is 0. The summed E-state index contributed by atoms with van der Waals surface area (Å²) in [6.45, 7) is 3.81. The molecule has 1 N–H and O–H groups in total. The summed E-state index contributed by atoms with van der Waals surface area (Å²) < 4.78 is 5.17. The van der Waals surface area contributed by atoms with Crippen molar-refractivity contribution in [2.75, 3.05) is 16.8 Å². The summed E-state index contributed by atoms with van der Waals surface area (Å²) in [5, 5.41) is 3.35. The number of para-hydroxylation sites is 2. The Kier molecular flexibility index (Phi) is 5.80. The first-order chi connectivity index (χ1) is 15.1. The maximum absolute atomic E-state index is 12.8. The lowest BCUT2D eigenvalue weighted by molar-refractivity contribution is -0.114. The Morgan fingerprint density at radius 3 is 2.45 bits per heavy atom. The number of nitrogens with zero attached hydrogens (tertiary/aromatic N) is 2. The smallest absolute Gasteiger partial charge is 0.339 e. The lowest BCUT2D eigenvalue weighted by Gasteiger charge is -2.28. The first-order valence-electron chi connectivity index (χ1n) is 10.2. The Hall–Kier alpha value is -3.93. The molecule has 2 heterocycles. The Labute approximate surface area is 181 Å². The van der Waals surface area contributed by atoms with E-state index in [0.717, 1.165) is 11.4 Å². The van der Waals surface area contributed by atoms with Crippen LogP contribution in [-0.2, 0) is 16.0 Å². The third-order valence-corrected chi connectivity index (χ3v) is 4.94. The third-order valence-electron chi connectivity index (χ3n) is 4.94. The van der Waals surface area contributed by atoms with Gasteiger partial charge in [0.25, 0.3) is 0 Å². The number of ether oxygens (including phenoxy) is 1. The monoisotopic (exact) mass is 413 g/mol. The first-order valence-corrected chi connectivity index (χ1v) is 10.2. The molecule has 0 unspecified atom stereocenters. The number of aryl methyl sites for hydroxylation is 1. The molecule has 4 rings (SSSR count). The summed E-state index contributed by atoms with van der Waals surface area (Å²) in [6, 6.07) is 21.1. The highest BCUT2D eigenvalue weighted by Crippen LogP contribution is 2.35. The highest BCUT2D eigenvalue weighted by atomic mass is 16.5. The highest BCUT2D eigenvalue weighted by molar-refractivity contribution is 5.98. The number of nitrogens with one attached hydrogen (secondary N) is 1. The molecule has 0 saturated carbocycles. The summed E-state index contributed by atoms with van der Waals surface area (Å²) in [5.41, 5.74) is 3.30. The van der Waals surface area contributed by atoms with Gasteiger partial charge in [-0.3, -0.25) is 9.69 Å². The van der Waals surface area contributed by atoms with Crippen LogP contribution in [0.4, 0.5) is 17.2 Å². The van der Waals surface area contributed by atoms with Crippen molar-refractivity contribution in [3.63, 3.8) is 0 Å². The molecule has 6 nitrogen and oxygen atoms in total. The van der Waals surface area contributed by atoms with Crippen LogP contribution >= 0.6 is 0 Å². The molecule has 2 aromatic carbocycles. The van der Waals surface area contributed by atoms with Crippen molar-refractivity contribution in [2.45, 2.75) is 20.3 Å². The molecule has 0 spiro atoms. The van der Waals surface area contributed by atoms with Gasteiger partial charge in [-0.25, -0.2) is 9.78 Å². The van der Waals surface area contributed by atoms with Crippen molar-refractivity contribution in [3.8, 4) is 0 Å². The molecule has 3 aromatic rings. The van der Waals surface area contributed by atoms with Crippen LogP contribution in [0.5, 0.6) is 0 Å². The molecule has 1 aliphatic heterocycles. The fraction of sp³-hybridized carbons (Fsp3) is 0.160. The highest BCUT2D eigenvalue weighted by Gasteiger charge is 2.27. The zero-order chi connectivity index (χ0) is 21.8. The second-order valence-corrected chi connectivity index (χ2v) is 7.16. The molecule has 0 aliphatic carbocycles. The van der Waals surface area contributed by atoms with E-state index in [1.807, 2.05) is 65.6 Å². The van der Waals surface area contributed by atoms with Crippen LogP contribution in [-0.4, -0.2) is 23.3 Å². The number of rotatable bonds is 5. The summed E-state index contributed by atoms with van der Waals surface area (Å²) in [7, 11) is 0. The lowest BCUT2D eigenvalue weighted by atomic mass is 10.1. The predicted molar refractivity (Wildman–Crippen MR) is 120 cm³/mol. The van der Waals surface area contributed by atoms with Gasteiger partial charge in [-0.05, 0) is 44.2 Å². The fourth-order valence-electron chi connectivity index (χ4n) is 3.54. The number of benzene rings is 2. The van der Waals surface area contributed by atoms with Crippen LogP contribution in [0.1, 0.15) is 28.5 Å². The van der Waals surface area contributed by atoms with Gasteiger partial charge in [0, 0.05) is 29.4 Å². The molecule has 1 aromatic heterocycles. The Morgan fingerprint density at radius 1 is 1.10 bits per heavy atom. The van der Waals surface area contributed by atoms with Gasteiger partial charge in [-0.15, -0.1) is 0 Å². The molecule has 0 atom stereocenters. The van der Waals surface area contributed by atoms with E-state index in [2.05, 4.69) is 5.32 Å². The van der Waals surface area contributed by atoms with Gasteiger partial charge < -0.3 is 10.1 Å². The standard InChI is InChI=1S/C25H23N3O3/c1-3-31-25(30)22-15-18-14-21(29)16-23(27-19-10-6-4-7-11-19)28(24(18)26-17(22)2)20-12-8-5-9-13-20/h4-13,15-16,27H,3,14H2,1-2H3. The molecule has 0 radical (unpaired) electrons. The van der Waals surface area contributed by atoms with Crippen LogP contribution in [0.3, 0.4) is 0 Å². The molecule has 0 bridgehead atoms. The van der Waals surface area contributed by atoms with Crippen molar-refractivity contribution >= 4 is 28.9 Å². The number of fused-ring (bicyclic) bond motifs is 1. The van der Waals surface area contributed by atoms with E-state index in [9.17, 15) is 9.59 Å². The van der Waals surface area contributed by atoms with Crippen LogP contribution in [0, 0.1) is 6.92 Å². The number of hydrogen-bond donors (Lipinski definition) is 1. The predicted octanol–water partition coefficient (Wildman–Crippen LogP) is 4.78. The van der Waals surface area contributed by atoms with E-state index in [1.165, 1.54) is 0 Å². The normalized spacial score (nSPS) is 13.2. The fourth-order valence-corrected chi connectivity index (χ4v) is 3.54. The topological polar surface area (TPSA) is 71.5 Å². The number of pyridine rings is 1. The number of aromatic nitrogens is 1. The van der Waals surface area contributed by atoms with Crippen molar-refractivity contribution in [1.29, 1.82) is 0 Å². The van der Waals surface area contributed by atoms with Crippen LogP contribution in [0.2, 0.25) is 0 Å². The number of anilines is 3. The van der Waals surface area contributed by atoms with Gasteiger partial charge in [-0.2, -0.15) is 0 Å². The van der Waals surface area contributed by atoms with Gasteiger partial charge in [0.2, 0.25) is 0 Å². The minimum absolute atomic E-state index is 0.0847. The minimum Gasteiger partial charge on any atom is -0.462 e. The van der Waals surface area contributed by atoms with Gasteiger partial charge >= 0.3 is 5.97 Å². The van der Waals surface area contributed by atoms with Crippen molar-refractivity contribution in [3.05, 3.63) is 95.4 Å². The van der Waals surface area contributed by atoms with Crippen molar-refractivity contribution < 1.29 is 14.3 Å². The van der Waals surface area contributed by atoms with Gasteiger partial charge in [0.05, 0.1) is 17.9 Å². The van der Waals surface area contributed by atoms with Gasteiger partial charge in [0.15, 0.2) is 5.78 Å². The van der Waals surface area contributed by atoms with E-state index in [-0.39, 0.29) is 18.8 Å². The maximum Gasteiger partial charge on any atom is 0.339 e. The van der Waals surface area contributed by atoms with E-state index < -0.39 is 5.97 Å². The maximum atomic E-state index is 12.8. The molecule has 156 valence electrons. The molecule has 31 heavy (non-hydrogen) atoms. The van der Waals surface area contributed by atoms with Crippen molar-refractivity contribution in [1.82, 2.24) is 4.98 Å². The van der Waals surface area contributed by atoms with E-state index >= 15 is 0 Å². The largest absolute Gasteiger partial charge is 0.462 e. The number of carbonyl (C=O) groups excluding carboxylic acids is 2. The van der Waals surface area contributed by atoms with Gasteiger partial charge in [-0.1, -0.05) is 36.4 Å². The average Bonchev–Trinajstić information content (AvgIpc) is 2.89. The average molecular weight is 413 g/mol. The second-order valence-electron chi connectivity index (χ2n) is 7.16. The van der Waals surface area contributed by atoms with Gasteiger partial charge in [0.1, 0.15) is 11.6 Å². The number of esters is 1. The molecular weight excluding hydrogens is 390 g/mol. The molecule has 0 fully saturated rings. The van der Waals surface area contributed by atoms with Crippen LogP contribution < -0.4 is 10.2 Å². The summed E-state index contributed by atoms with van der Waals surface area (Å²) in [4.78, 5) is 31.9. The molecule has 0 amide bonds. The molecular formula is C25H23N3O3. The lowest BCUT2D eigenvalue weighted by Crippen LogP contribution is -2.24. The molecule has 6 heteroatoms. The number of carbonyl (C=O) groups is 2. The van der Waals surface area contributed by atoms with Crippen LogP contribution in [0.15, 0.2) is 78.6 Å². The van der Waals surface area contributed by atoms with E-state index in [4.69, 9.17) is 9.72 Å². The number of hydrogen-bond acceptors (Lipinski definition) is 6. The molecule has 0 saturated heterocycles. The Morgan fingerprint density at radius 2 is 1.77 bits per heavy atom.